The van der Waals surface area contributed by atoms with E-state index in [9.17, 15) is 4.79 Å². The van der Waals surface area contributed by atoms with Gasteiger partial charge in [-0.15, -0.1) is 0 Å². The summed E-state index contributed by atoms with van der Waals surface area (Å²) in [5.74, 6) is 0.855. The number of ether oxygens (including phenoxy) is 1. The fourth-order valence-corrected chi connectivity index (χ4v) is 2.50. The predicted molar refractivity (Wildman–Crippen MR) is 83.5 cm³/mol. The van der Waals surface area contributed by atoms with Gasteiger partial charge in [-0.05, 0) is 31.0 Å². The van der Waals surface area contributed by atoms with Crippen molar-refractivity contribution in [2.24, 2.45) is 5.73 Å². The lowest BCUT2D eigenvalue weighted by Crippen LogP contribution is -2.50. The number of carbonyl (C=O) groups excluding carboxylic acids is 1. The van der Waals surface area contributed by atoms with Gasteiger partial charge in [0.05, 0.1) is 0 Å². The van der Waals surface area contributed by atoms with Crippen LogP contribution in [0.4, 0.5) is 0 Å². The van der Waals surface area contributed by atoms with Crippen molar-refractivity contribution < 1.29 is 9.53 Å². The minimum absolute atomic E-state index is 0.0586. The summed E-state index contributed by atoms with van der Waals surface area (Å²) in [6.07, 6.45) is 0. The molecule has 1 aliphatic rings. The molecule has 2 N–H and O–H groups in total. The maximum atomic E-state index is 12.2. The lowest BCUT2D eigenvalue weighted by molar-refractivity contribution is -0.135. The Labute approximate surface area is 126 Å². The van der Waals surface area contributed by atoms with Gasteiger partial charge < -0.3 is 15.4 Å². The van der Waals surface area contributed by atoms with Crippen LogP contribution in [0.5, 0.6) is 5.75 Å². The number of amides is 1. The monoisotopic (exact) mass is 291 g/mol. The van der Waals surface area contributed by atoms with Crippen LogP contribution in [0.15, 0.2) is 18.2 Å². The van der Waals surface area contributed by atoms with Crippen molar-refractivity contribution in [2.45, 2.75) is 13.8 Å². The first-order valence-electron chi connectivity index (χ1n) is 7.50. The fraction of sp³-hybridized carbons (Fsp3) is 0.562. The maximum absolute atomic E-state index is 12.2. The average Bonchev–Trinajstić information content (AvgIpc) is 2.49. The van der Waals surface area contributed by atoms with Crippen LogP contribution in [0.2, 0.25) is 0 Å². The average molecular weight is 291 g/mol. The molecular formula is C16H25N3O2. The fourth-order valence-electron chi connectivity index (χ4n) is 2.50. The van der Waals surface area contributed by atoms with E-state index in [0.717, 1.165) is 49.6 Å². The Morgan fingerprint density at radius 3 is 2.62 bits per heavy atom. The summed E-state index contributed by atoms with van der Waals surface area (Å²) in [6, 6.07) is 6.03. The molecular weight excluding hydrogens is 266 g/mol. The van der Waals surface area contributed by atoms with E-state index in [-0.39, 0.29) is 12.5 Å². The quantitative estimate of drug-likeness (QED) is 0.871. The second kappa shape index (κ2) is 7.43. The molecule has 21 heavy (non-hydrogen) atoms. The van der Waals surface area contributed by atoms with Crippen molar-refractivity contribution in [3.05, 3.63) is 29.3 Å². The maximum Gasteiger partial charge on any atom is 0.260 e. The highest BCUT2D eigenvalue weighted by molar-refractivity contribution is 5.78. The number of rotatable bonds is 5. The number of nitrogens with zero attached hydrogens (tertiary/aromatic N) is 2. The highest BCUT2D eigenvalue weighted by Crippen LogP contribution is 2.19. The van der Waals surface area contributed by atoms with Crippen LogP contribution in [0.1, 0.15) is 11.1 Å². The smallest absolute Gasteiger partial charge is 0.260 e. The molecule has 1 aliphatic heterocycles. The van der Waals surface area contributed by atoms with Crippen LogP contribution < -0.4 is 10.5 Å². The van der Waals surface area contributed by atoms with E-state index >= 15 is 0 Å². The molecule has 1 fully saturated rings. The first kappa shape index (κ1) is 15.8. The van der Waals surface area contributed by atoms with E-state index in [1.165, 1.54) is 0 Å². The van der Waals surface area contributed by atoms with Gasteiger partial charge >= 0.3 is 0 Å². The number of piperazine rings is 1. The lowest BCUT2D eigenvalue weighted by atomic mass is 10.1. The third-order valence-corrected chi connectivity index (χ3v) is 3.87. The number of hydrogen-bond acceptors (Lipinski definition) is 4. The Kier molecular flexibility index (Phi) is 5.59. The number of hydrogen-bond donors (Lipinski definition) is 1. The molecule has 0 bridgehead atoms. The van der Waals surface area contributed by atoms with Gasteiger partial charge in [-0.3, -0.25) is 9.69 Å². The zero-order chi connectivity index (χ0) is 15.2. The van der Waals surface area contributed by atoms with E-state index in [2.05, 4.69) is 4.90 Å². The normalized spacial score (nSPS) is 16.0. The number of benzene rings is 1. The summed E-state index contributed by atoms with van der Waals surface area (Å²) in [4.78, 5) is 16.4. The largest absolute Gasteiger partial charge is 0.483 e. The van der Waals surface area contributed by atoms with Gasteiger partial charge in [0.25, 0.3) is 5.91 Å². The Morgan fingerprint density at radius 2 is 1.95 bits per heavy atom. The van der Waals surface area contributed by atoms with Crippen LogP contribution in [0.3, 0.4) is 0 Å². The molecule has 1 saturated heterocycles. The van der Waals surface area contributed by atoms with Gasteiger partial charge in [0.1, 0.15) is 5.75 Å². The third-order valence-electron chi connectivity index (χ3n) is 3.87. The molecule has 1 aromatic rings. The van der Waals surface area contributed by atoms with Gasteiger partial charge in [0.15, 0.2) is 6.61 Å². The van der Waals surface area contributed by atoms with Crippen molar-refractivity contribution in [3.63, 3.8) is 0 Å². The molecule has 0 aliphatic carbocycles. The topological polar surface area (TPSA) is 58.8 Å². The van der Waals surface area contributed by atoms with E-state index < -0.39 is 0 Å². The molecule has 116 valence electrons. The van der Waals surface area contributed by atoms with E-state index in [1.807, 2.05) is 36.9 Å². The van der Waals surface area contributed by atoms with Crippen molar-refractivity contribution in [3.8, 4) is 5.75 Å². The molecule has 0 aromatic heterocycles. The van der Waals surface area contributed by atoms with Gasteiger partial charge in [-0.2, -0.15) is 0 Å². The molecule has 5 heteroatoms. The third kappa shape index (κ3) is 4.44. The number of nitrogens with two attached hydrogens (primary N) is 1. The summed E-state index contributed by atoms with van der Waals surface area (Å²) < 4.78 is 5.68. The molecule has 0 saturated carbocycles. The van der Waals surface area contributed by atoms with Crippen LogP contribution in [-0.4, -0.2) is 61.6 Å². The minimum atomic E-state index is 0.0586. The summed E-state index contributed by atoms with van der Waals surface area (Å²) in [5, 5.41) is 0. The van der Waals surface area contributed by atoms with Crippen molar-refractivity contribution in [2.75, 3.05) is 45.9 Å². The molecule has 5 nitrogen and oxygen atoms in total. The summed E-state index contributed by atoms with van der Waals surface area (Å²) in [5.41, 5.74) is 7.74. The zero-order valence-corrected chi connectivity index (χ0v) is 13.0. The zero-order valence-electron chi connectivity index (χ0n) is 13.0. The van der Waals surface area contributed by atoms with Crippen LogP contribution in [-0.2, 0) is 4.79 Å². The van der Waals surface area contributed by atoms with Crippen molar-refractivity contribution in [1.82, 2.24) is 9.80 Å². The molecule has 0 atom stereocenters. The molecule has 1 aromatic carbocycles. The second-order valence-electron chi connectivity index (χ2n) is 5.57. The molecule has 0 spiro atoms. The summed E-state index contributed by atoms with van der Waals surface area (Å²) in [6.45, 7) is 9.00. The van der Waals surface area contributed by atoms with Crippen molar-refractivity contribution in [1.29, 1.82) is 0 Å². The van der Waals surface area contributed by atoms with Crippen LogP contribution in [0.25, 0.3) is 0 Å². The van der Waals surface area contributed by atoms with Gasteiger partial charge in [0, 0.05) is 39.3 Å². The van der Waals surface area contributed by atoms with Gasteiger partial charge in [0.2, 0.25) is 0 Å². The van der Waals surface area contributed by atoms with Crippen LogP contribution in [0, 0.1) is 13.8 Å². The van der Waals surface area contributed by atoms with E-state index in [4.69, 9.17) is 10.5 Å². The SMILES string of the molecule is Cc1ccc(C)c(OCC(=O)N2CCN(CCN)CC2)c1. The van der Waals surface area contributed by atoms with Gasteiger partial charge in [-0.25, -0.2) is 0 Å². The lowest BCUT2D eigenvalue weighted by Gasteiger charge is -2.34. The van der Waals surface area contributed by atoms with E-state index in [1.54, 1.807) is 0 Å². The van der Waals surface area contributed by atoms with Gasteiger partial charge in [-0.1, -0.05) is 12.1 Å². The van der Waals surface area contributed by atoms with Crippen LogP contribution >= 0.6 is 0 Å². The molecule has 1 amide bonds. The molecule has 2 rings (SSSR count). The summed E-state index contributed by atoms with van der Waals surface area (Å²) >= 11 is 0. The highest BCUT2D eigenvalue weighted by atomic mass is 16.5. The first-order valence-corrected chi connectivity index (χ1v) is 7.50. The molecule has 0 radical (unpaired) electrons. The minimum Gasteiger partial charge on any atom is -0.483 e. The second-order valence-corrected chi connectivity index (χ2v) is 5.57. The Hall–Kier alpha value is -1.59. The predicted octanol–water partition coefficient (Wildman–Crippen LogP) is 0.785. The Bertz CT molecular complexity index is 482. The molecule has 1 heterocycles. The van der Waals surface area contributed by atoms with Crippen molar-refractivity contribution >= 4 is 5.91 Å². The molecule has 0 unspecified atom stereocenters. The Morgan fingerprint density at radius 1 is 1.24 bits per heavy atom. The highest BCUT2D eigenvalue weighted by Gasteiger charge is 2.20. The standard InChI is InChI=1S/C16H25N3O2/c1-13-3-4-14(2)15(11-13)21-12-16(20)19-9-7-18(6-5-17)8-10-19/h3-4,11H,5-10,12,17H2,1-2H3. The number of aryl methyl sites for hydroxylation is 2. The first-order chi connectivity index (χ1) is 10.1. The summed E-state index contributed by atoms with van der Waals surface area (Å²) in [7, 11) is 0. The number of carbonyl (C=O) groups is 1. The Balaban J connectivity index is 1.81. The van der Waals surface area contributed by atoms with E-state index in [0.29, 0.717) is 6.54 Å².